The van der Waals surface area contributed by atoms with Crippen LogP contribution in [0.4, 0.5) is 0 Å². The molecule has 0 heterocycles. The fraction of sp³-hybridized carbons (Fsp3) is 0.624. The average Bonchev–Trinajstić information content (AvgIpc) is 0.898. The third-order valence-corrected chi connectivity index (χ3v) is 19.2. The Morgan fingerprint density at radius 2 is 0.477 bits per heavy atom. The second kappa shape index (κ2) is 83.8. The molecule has 0 bridgehead atoms. The van der Waals surface area contributed by atoms with Crippen molar-refractivity contribution in [1.29, 1.82) is 0 Å². The number of phosphoric ester groups is 2. The monoisotopic (exact) mass is 1590 g/mol. The number of aliphatic hydroxyl groups is 2. The third-order valence-electron chi connectivity index (χ3n) is 17.3. The molecule has 0 aliphatic rings. The molecule has 5 unspecified atom stereocenters. The maximum Gasteiger partial charge on any atom is 0.472 e. The zero-order chi connectivity index (χ0) is 80.8. The van der Waals surface area contributed by atoms with Crippen LogP contribution < -0.4 is 0 Å². The quantitative estimate of drug-likeness (QED) is 0.0146. The summed E-state index contributed by atoms with van der Waals surface area (Å²) < 4.78 is 61.3. The normalized spacial score (nSPS) is 14.8. The molecular formula is C93H152O16P2. The van der Waals surface area contributed by atoms with Crippen molar-refractivity contribution >= 4 is 33.6 Å². The Hall–Kier alpha value is -5.61. The van der Waals surface area contributed by atoms with Crippen LogP contribution in [0.2, 0.25) is 0 Å². The minimum Gasteiger partial charge on any atom is -0.463 e. The first-order valence-corrected chi connectivity index (χ1v) is 45.7. The number of esters is 3. The molecule has 0 saturated carbocycles. The number of hydrogen-bond donors (Lipinski definition) is 4. The van der Waals surface area contributed by atoms with Gasteiger partial charge in [-0.05, 0) is 167 Å². The van der Waals surface area contributed by atoms with E-state index in [0.29, 0.717) is 19.3 Å². The van der Waals surface area contributed by atoms with Gasteiger partial charge >= 0.3 is 33.6 Å². The van der Waals surface area contributed by atoms with Crippen LogP contribution in [0, 0.1) is 0 Å². The summed E-state index contributed by atoms with van der Waals surface area (Å²) in [6.07, 6.45) is 110. The fourth-order valence-electron chi connectivity index (χ4n) is 10.9. The number of phosphoric acid groups is 2. The molecular weight excluding hydrogens is 1430 g/mol. The molecule has 0 aromatic rings. The van der Waals surface area contributed by atoms with Gasteiger partial charge in [0.25, 0.3) is 0 Å². The maximum atomic E-state index is 13.0. The number of rotatable bonds is 79. The van der Waals surface area contributed by atoms with Gasteiger partial charge in [0, 0.05) is 19.3 Å². The van der Waals surface area contributed by atoms with E-state index >= 15 is 0 Å². The molecule has 0 radical (unpaired) electrons. The van der Waals surface area contributed by atoms with Crippen molar-refractivity contribution in [3.8, 4) is 0 Å². The summed E-state index contributed by atoms with van der Waals surface area (Å²) >= 11 is 0. The highest BCUT2D eigenvalue weighted by Gasteiger charge is 2.29. The molecule has 0 aromatic carbocycles. The van der Waals surface area contributed by atoms with Gasteiger partial charge in [0.2, 0.25) is 0 Å². The van der Waals surface area contributed by atoms with E-state index < -0.39 is 91.5 Å². The number of hydrogen-bond acceptors (Lipinski definition) is 14. The minimum absolute atomic E-state index is 0.0625. The van der Waals surface area contributed by atoms with Crippen LogP contribution in [0.1, 0.15) is 316 Å². The van der Waals surface area contributed by atoms with Crippen molar-refractivity contribution in [1.82, 2.24) is 0 Å². The van der Waals surface area contributed by atoms with Gasteiger partial charge in [-0.3, -0.25) is 32.5 Å². The Bertz CT molecular complexity index is 2800. The molecule has 0 spiro atoms. The first kappa shape index (κ1) is 105. The lowest BCUT2D eigenvalue weighted by Crippen LogP contribution is -2.30. The van der Waals surface area contributed by atoms with Crippen molar-refractivity contribution in [2.45, 2.75) is 334 Å². The number of aliphatic hydroxyl groups excluding tert-OH is 2. The van der Waals surface area contributed by atoms with Crippen molar-refractivity contribution < 1.29 is 75.8 Å². The summed E-state index contributed by atoms with van der Waals surface area (Å²) in [5.41, 5.74) is 0. The molecule has 16 nitrogen and oxygen atoms in total. The molecule has 0 fully saturated rings. The average molecular weight is 1590 g/mol. The fourth-order valence-corrected chi connectivity index (χ4v) is 12.4. The van der Waals surface area contributed by atoms with E-state index in [1.54, 1.807) is 0 Å². The standard InChI is InChI=1S/C93H152O16P2/c1-4-7-10-13-16-19-22-25-28-31-34-37-40-42-43-45-48-49-52-55-58-61-64-67-70-73-76-79-91(96)103-82-88(94)83-105-110(99,100)106-84-89(95)85-107-111(101,102)108-87-90(109-93(98)81-78-75-72-69-66-63-60-57-54-51-46-39-36-33-30-27-24-21-18-15-12-9-6-3)86-104-92(97)80-77-74-71-68-65-62-59-56-53-50-47-44-41-38-35-32-29-26-23-20-17-14-11-8-5-2/h8-9,11-12,16-21,25-30,34-39,42-44,47,51,53-54,56,60,63,88-90,94-95H,4-7,10,13-15,22-24,31-33,40-41,45-46,48-50,52,55,57-59,61-62,64-87H2,1-3H3,(H,99,100)(H,101,102)/b11-8-,12-9-,19-16-,20-17-,21-18-,28-25-,29-26-,30-27-,37-34-,38-35-,39-36-,43-42-,47-44-,54-51-,56-53-,63-60-. The molecule has 630 valence electrons. The van der Waals surface area contributed by atoms with E-state index in [2.05, 4.69) is 215 Å². The summed E-state index contributed by atoms with van der Waals surface area (Å²) in [7, 11) is -9.83. The molecule has 0 aromatic heterocycles. The van der Waals surface area contributed by atoms with Gasteiger partial charge in [-0.25, -0.2) is 9.13 Å². The molecule has 0 saturated heterocycles. The van der Waals surface area contributed by atoms with Crippen LogP contribution in [0.15, 0.2) is 194 Å². The van der Waals surface area contributed by atoms with Gasteiger partial charge in [-0.1, -0.05) is 324 Å². The molecule has 4 N–H and O–H groups in total. The van der Waals surface area contributed by atoms with E-state index in [0.717, 1.165) is 186 Å². The highest BCUT2D eigenvalue weighted by atomic mass is 31.2. The van der Waals surface area contributed by atoms with Crippen molar-refractivity contribution in [2.75, 3.05) is 39.6 Å². The number of ether oxygens (including phenoxy) is 3. The Labute approximate surface area is 674 Å². The van der Waals surface area contributed by atoms with Crippen LogP contribution in [0.5, 0.6) is 0 Å². The molecule has 0 aliphatic carbocycles. The summed E-state index contributed by atoms with van der Waals surface area (Å²) in [5.74, 6) is -1.63. The summed E-state index contributed by atoms with van der Waals surface area (Å²) in [6, 6.07) is 0. The van der Waals surface area contributed by atoms with Gasteiger partial charge in [0.1, 0.15) is 25.4 Å². The number of allylic oxidation sites excluding steroid dienone is 32. The lowest BCUT2D eigenvalue weighted by Gasteiger charge is -2.21. The Morgan fingerprint density at radius 1 is 0.261 bits per heavy atom. The zero-order valence-corrected chi connectivity index (χ0v) is 70.8. The number of carbonyl (C=O) groups is 3. The molecule has 0 aliphatic heterocycles. The van der Waals surface area contributed by atoms with E-state index in [4.69, 9.17) is 32.3 Å². The Morgan fingerprint density at radius 3 is 0.757 bits per heavy atom. The number of unbranched alkanes of at least 4 members (excludes halogenated alkanes) is 24. The minimum atomic E-state index is -4.96. The molecule has 111 heavy (non-hydrogen) atoms. The van der Waals surface area contributed by atoms with E-state index in [1.165, 1.54) is 70.6 Å². The van der Waals surface area contributed by atoms with Crippen LogP contribution in [0.25, 0.3) is 0 Å². The second-order valence-corrected chi connectivity index (χ2v) is 30.8. The van der Waals surface area contributed by atoms with Crippen molar-refractivity contribution in [3.05, 3.63) is 194 Å². The summed E-state index contributed by atoms with van der Waals surface area (Å²) in [4.78, 5) is 58.9. The Balaban J connectivity index is 4.74. The number of carbonyl (C=O) groups excluding carboxylic acids is 3. The predicted octanol–water partition coefficient (Wildman–Crippen LogP) is 25.9. The van der Waals surface area contributed by atoms with Gasteiger partial charge in [-0.15, -0.1) is 0 Å². The van der Waals surface area contributed by atoms with Gasteiger partial charge in [0.15, 0.2) is 6.10 Å². The van der Waals surface area contributed by atoms with Gasteiger partial charge in [-0.2, -0.15) is 0 Å². The van der Waals surface area contributed by atoms with Gasteiger partial charge < -0.3 is 34.2 Å². The molecule has 0 rings (SSSR count). The molecule has 18 heteroatoms. The van der Waals surface area contributed by atoms with Crippen LogP contribution >= 0.6 is 15.6 Å². The van der Waals surface area contributed by atoms with Gasteiger partial charge in [0.05, 0.1) is 26.4 Å². The van der Waals surface area contributed by atoms with Crippen molar-refractivity contribution in [2.24, 2.45) is 0 Å². The van der Waals surface area contributed by atoms with Crippen molar-refractivity contribution in [3.63, 3.8) is 0 Å². The predicted molar refractivity (Wildman–Crippen MR) is 463 cm³/mol. The smallest absolute Gasteiger partial charge is 0.463 e. The SMILES string of the molecule is CC/C=C\C/C=C\C/C=C\C/C=C\C/C=C\C/C=C\CCCCCCCCC(=O)OCC(COP(=O)(O)OCC(O)COP(=O)(O)OCC(O)COC(=O)CCCCCCCCCCCCC/C=C\C/C=C\C/C=C\C/C=C\CCCCC)OC(=O)CCCCCC/C=C\C/C=C\C/C=C\C/C=C\C/C=C\C/C=C\CC. The van der Waals surface area contributed by atoms with Crippen LogP contribution in [-0.4, -0.2) is 95.9 Å². The largest absolute Gasteiger partial charge is 0.472 e. The highest BCUT2D eigenvalue weighted by Crippen LogP contribution is 2.45. The van der Waals surface area contributed by atoms with Crippen LogP contribution in [-0.2, 0) is 55.8 Å². The zero-order valence-electron chi connectivity index (χ0n) is 69.1. The highest BCUT2D eigenvalue weighted by molar-refractivity contribution is 7.47. The maximum absolute atomic E-state index is 13.0. The topological polar surface area (TPSA) is 231 Å². The van der Waals surface area contributed by atoms with E-state index in [1.807, 2.05) is 0 Å². The van der Waals surface area contributed by atoms with E-state index in [-0.39, 0.29) is 19.3 Å². The third kappa shape index (κ3) is 85.1. The first-order chi connectivity index (χ1) is 54.2. The van der Waals surface area contributed by atoms with E-state index in [9.17, 15) is 43.5 Å². The molecule has 5 atom stereocenters. The molecule has 0 amide bonds. The summed E-state index contributed by atoms with van der Waals surface area (Å²) in [5, 5.41) is 20.7. The van der Waals surface area contributed by atoms with Crippen LogP contribution in [0.3, 0.4) is 0 Å². The Kier molecular flexibility index (Phi) is 79.6. The lowest BCUT2D eigenvalue weighted by molar-refractivity contribution is -0.161. The first-order valence-electron chi connectivity index (χ1n) is 42.7. The second-order valence-electron chi connectivity index (χ2n) is 27.9. The lowest BCUT2D eigenvalue weighted by atomic mass is 10.0. The summed E-state index contributed by atoms with van der Waals surface area (Å²) in [6.45, 7) is 2.37.